The van der Waals surface area contributed by atoms with Crippen LogP contribution in [0.15, 0.2) is 54.9 Å². The van der Waals surface area contributed by atoms with Gasteiger partial charge < -0.3 is 4.90 Å². The van der Waals surface area contributed by atoms with Crippen molar-refractivity contribution >= 4 is 16.8 Å². The van der Waals surface area contributed by atoms with Gasteiger partial charge >= 0.3 is 0 Å². The Labute approximate surface area is 181 Å². The van der Waals surface area contributed by atoms with Crippen LogP contribution in [0.25, 0.3) is 22.0 Å². The van der Waals surface area contributed by atoms with Gasteiger partial charge in [-0.25, -0.2) is 4.39 Å². The molecule has 2 aromatic heterocycles. The number of rotatable bonds is 4. The summed E-state index contributed by atoms with van der Waals surface area (Å²) in [6.45, 7) is -2.24. The molecule has 154 valence electrons. The fourth-order valence-corrected chi connectivity index (χ4v) is 4.41. The topological polar surface area (TPSA) is 51.0 Å². The maximum Gasteiger partial charge on any atom is 0.256 e. The number of carbonyl (C=O) groups excluding carboxylic acids is 1. The molecule has 0 unspecified atom stereocenters. The first kappa shape index (κ1) is 16.2. The van der Waals surface area contributed by atoms with Gasteiger partial charge in [0.15, 0.2) is 0 Å². The molecule has 0 spiro atoms. The largest absolute Gasteiger partial charge is 0.328 e. The van der Waals surface area contributed by atoms with Gasteiger partial charge in [-0.1, -0.05) is 18.2 Å². The van der Waals surface area contributed by atoms with Crippen LogP contribution in [-0.4, -0.2) is 25.6 Å². The molecule has 0 saturated heterocycles. The Morgan fingerprint density at radius 2 is 2.03 bits per heavy atom. The summed E-state index contributed by atoms with van der Waals surface area (Å²) in [6.07, 6.45) is 5.30. The van der Waals surface area contributed by atoms with Crippen LogP contribution in [0, 0.1) is 5.82 Å². The molecule has 2 aliphatic rings. The number of benzene rings is 2. The summed E-state index contributed by atoms with van der Waals surface area (Å²) in [4.78, 5) is 18.2. The van der Waals surface area contributed by atoms with Crippen LogP contribution in [-0.2, 0) is 20.1 Å². The van der Waals surface area contributed by atoms with Crippen LogP contribution >= 0.6 is 0 Å². The van der Waals surface area contributed by atoms with Gasteiger partial charge in [0.25, 0.3) is 5.91 Å². The van der Waals surface area contributed by atoms with E-state index in [0.29, 0.717) is 5.56 Å². The first-order valence-corrected chi connectivity index (χ1v) is 10.4. The Bertz CT molecular complexity index is 1440. The van der Waals surface area contributed by atoms with E-state index in [4.69, 9.17) is 2.74 Å². The van der Waals surface area contributed by atoms with E-state index in [1.54, 1.807) is 16.8 Å². The average molecular weight is 414 g/mol. The maximum absolute atomic E-state index is 15.7. The quantitative estimate of drug-likeness (QED) is 0.482. The molecule has 3 heterocycles. The molecule has 6 rings (SSSR count). The Kier molecular flexibility index (Phi) is 3.52. The fraction of sp³-hybridized carbons (Fsp3) is 0.240. The molecule has 5 nitrogen and oxygen atoms in total. The Balaban J connectivity index is 1.45. The highest BCUT2D eigenvalue weighted by Gasteiger charge is 2.33. The monoisotopic (exact) mass is 414 g/mol. The molecule has 0 N–H and O–H groups in total. The third-order valence-electron chi connectivity index (χ3n) is 6.06. The van der Waals surface area contributed by atoms with E-state index in [1.807, 2.05) is 37.5 Å². The van der Waals surface area contributed by atoms with Gasteiger partial charge in [0.05, 0.1) is 26.0 Å². The number of hydrogen-bond donors (Lipinski definition) is 0. The molecular weight excluding hydrogens is 391 g/mol. The Hall–Kier alpha value is -3.54. The molecule has 6 heteroatoms. The summed E-state index contributed by atoms with van der Waals surface area (Å²) in [5, 5.41) is 5.40. The van der Waals surface area contributed by atoms with Gasteiger partial charge in [0, 0.05) is 36.9 Å². The highest BCUT2D eigenvalue weighted by atomic mass is 19.1. The van der Waals surface area contributed by atoms with Gasteiger partial charge in [-0.15, -0.1) is 0 Å². The lowest BCUT2D eigenvalue weighted by atomic mass is 9.94. The van der Waals surface area contributed by atoms with E-state index in [0.717, 1.165) is 45.3 Å². The zero-order valence-corrected chi connectivity index (χ0v) is 17.0. The number of aromatic nitrogens is 3. The van der Waals surface area contributed by atoms with Gasteiger partial charge in [-0.3, -0.25) is 14.5 Å². The van der Waals surface area contributed by atoms with Crippen LogP contribution in [0.2, 0.25) is 0 Å². The van der Waals surface area contributed by atoms with Crippen LogP contribution in [0.3, 0.4) is 0 Å². The molecule has 1 aliphatic heterocycles. The first-order chi connectivity index (χ1) is 15.8. The number of aryl methyl sites for hydroxylation is 1. The lowest BCUT2D eigenvalue weighted by Gasteiger charge is -2.20. The molecule has 1 saturated carbocycles. The zero-order valence-electron chi connectivity index (χ0n) is 19.0. The number of amides is 1. The molecule has 0 radical (unpaired) electrons. The molecule has 1 fully saturated rings. The van der Waals surface area contributed by atoms with E-state index < -0.39 is 18.2 Å². The van der Waals surface area contributed by atoms with Crippen molar-refractivity contribution in [3.05, 3.63) is 83.1 Å². The predicted molar refractivity (Wildman–Crippen MR) is 116 cm³/mol. The van der Waals surface area contributed by atoms with Gasteiger partial charge in [-0.2, -0.15) is 5.10 Å². The van der Waals surface area contributed by atoms with E-state index in [2.05, 4.69) is 10.1 Å². The van der Waals surface area contributed by atoms with Crippen molar-refractivity contribution in [3.8, 4) is 11.1 Å². The lowest BCUT2D eigenvalue weighted by molar-refractivity contribution is 0.0764. The van der Waals surface area contributed by atoms with Crippen molar-refractivity contribution in [1.29, 1.82) is 0 Å². The second-order valence-corrected chi connectivity index (χ2v) is 8.24. The Morgan fingerprint density at radius 3 is 2.84 bits per heavy atom. The predicted octanol–water partition coefficient (Wildman–Crippen LogP) is 4.81. The molecule has 1 aliphatic carbocycles. The number of carbonyl (C=O) groups is 1. The third kappa shape index (κ3) is 3.02. The molecular formula is C25H21FN4O. The zero-order chi connectivity index (χ0) is 22.9. The summed E-state index contributed by atoms with van der Waals surface area (Å²) < 4.78 is 34.4. The first-order valence-electron chi connectivity index (χ1n) is 11.4. The molecule has 0 bridgehead atoms. The van der Waals surface area contributed by atoms with Crippen LogP contribution in [0.5, 0.6) is 0 Å². The fourth-order valence-electron chi connectivity index (χ4n) is 4.41. The van der Waals surface area contributed by atoms with Crippen molar-refractivity contribution in [1.82, 2.24) is 19.7 Å². The summed E-state index contributed by atoms with van der Waals surface area (Å²) >= 11 is 0. The average Bonchev–Trinajstić information content (AvgIpc) is 3.53. The number of halogens is 1. The summed E-state index contributed by atoms with van der Waals surface area (Å²) in [5.41, 5.74) is 4.05. The second kappa shape index (κ2) is 6.74. The van der Waals surface area contributed by atoms with Crippen LogP contribution < -0.4 is 0 Å². The number of fused-ring (bicyclic) bond motifs is 2. The van der Waals surface area contributed by atoms with Crippen LogP contribution in [0.1, 0.15) is 48.7 Å². The molecule has 2 aromatic carbocycles. The Morgan fingerprint density at radius 1 is 1.19 bits per heavy atom. The number of hydrogen-bond acceptors (Lipinski definition) is 3. The minimum absolute atomic E-state index is 0.0863. The van der Waals surface area contributed by atoms with E-state index in [-0.39, 0.29) is 23.7 Å². The summed E-state index contributed by atoms with van der Waals surface area (Å²) in [6, 6.07) is 12.5. The third-order valence-corrected chi connectivity index (χ3v) is 6.06. The summed E-state index contributed by atoms with van der Waals surface area (Å²) in [5.74, 6) is -0.678. The van der Waals surface area contributed by atoms with E-state index >= 15 is 4.39 Å². The second-order valence-electron chi connectivity index (χ2n) is 8.24. The van der Waals surface area contributed by atoms with Crippen molar-refractivity contribution in [3.63, 3.8) is 0 Å². The molecule has 4 aromatic rings. The van der Waals surface area contributed by atoms with Crippen LogP contribution in [0.4, 0.5) is 4.39 Å². The van der Waals surface area contributed by atoms with Crippen molar-refractivity contribution in [2.75, 3.05) is 0 Å². The van der Waals surface area contributed by atoms with E-state index in [1.165, 1.54) is 12.3 Å². The van der Waals surface area contributed by atoms with Gasteiger partial charge in [0.1, 0.15) is 5.82 Å². The minimum Gasteiger partial charge on any atom is -0.328 e. The highest BCUT2D eigenvalue weighted by Crippen LogP contribution is 2.45. The van der Waals surface area contributed by atoms with Crippen molar-refractivity contribution in [2.45, 2.75) is 31.8 Å². The van der Waals surface area contributed by atoms with Crippen molar-refractivity contribution < 1.29 is 11.9 Å². The molecule has 0 atom stereocenters. The van der Waals surface area contributed by atoms with Crippen molar-refractivity contribution in [2.24, 2.45) is 7.05 Å². The maximum atomic E-state index is 15.7. The van der Waals surface area contributed by atoms with E-state index in [9.17, 15) is 4.79 Å². The van der Waals surface area contributed by atoms with Gasteiger partial charge in [-0.05, 0) is 59.7 Å². The minimum atomic E-state index is -2.10. The molecule has 1 amide bonds. The number of nitrogens with zero attached hydrogens (tertiary/aromatic N) is 4. The lowest BCUT2D eigenvalue weighted by Crippen LogP contribution is -2.24. The SMILES string of the molecule is [2H]C1([2H])c2ncccc2C(=O)N1Cc1c(F)cc(-c2cccc3nn(C)cc23)cc1C1CC1. The normalized spacial score (nSPS) is 18.3. The van der Waals surface area contributed by atoms with Gasteiger partial charge in [0.2, 0.25) is 0 Å². The highest BCUT2D eigenvalue weighted by molar-refractivity contribution is 5.98. The molecule has 31 heavy (non-hydrogen) atoms. The summed E-state index contributed by atoms with van der Waals surface area (Å²) in [7, 11) is 1.86. The standard InChI is InChI=1S/C25H21FN4O/c1-29-12-21-17(4-2-6-23(21)28-29)16-10-19(15-7-8-15)20(22(26)11-16)13-30-14-24-18(25(30)31)5-3-9-27-24/h2-6,9-12,15H,7-8,13-14H2,1H3/i14D2. The smallest absolute Gasteiger partial charge is 0.256 e. The number of pyridine rings is 1.